The lowest BCUT2D eigenvalue weighted by Gasteiger charge is -2.22. The van der Waals surface area contributed by atoms with Gasteiger partial charge in [-0.3, -0.25) is 0 Å². The molecule has 0 N–H and O–H groups in total. The Labute approximate surface area is 231 Å². The Hall–Kier alpha value is -5.34. The third kappa shape index (κ3) is 2.93. The van der Waals surface area contributed by atoms with Crippen LogP contribution >= 0.6 is 0 Å². The molecular weight excluding hydrogens is 486 g/mol. The Morgan fingerprint density at radius 1 is 0.450 bits per heavy atom. The molecule has 0 saturated heterocycles. The molecular formula is C38H23NO. The molecule has 0 atom stereocenters. The highest BCUT2D eigenvalue weighted by atomic mass is 16.5. The summed E-state index contributed by atoms with van der Waals surface area (Å²) in [5.74, 6) is 1.83. The van der Waals surface area contributed by atoms with Gasteiger partial charge in [-0.1, -0.05) is 103 Å². The SMILES string of the molecule is c1ccc(-n2c3ccccc3c3ccc4ccc(-c5ccc6c7c(cccc57)-c5ccccc5O6)cc4c32)cc1. The second-order valence-electron chi connectivity index (χ2n) is 10.5. The molecule has 0 aliphatic carbocycles. The molecule has 40 heavy (non-hydrogen) atoms. The Morgan fingerprint density at radius 3 is 2.17 bits per heavy atom. The highest BCUT2D eigenvalue weighted by Crippen LogP contribution is 2.48. The number of rotatable bonds is 2. The van der Waals surface area contributed by atoms with Crippen molar-refractivity contribution in [3.05, 3.63) is 140 Å². The predicted molar refractivity (Wildman–Crippen MR) is 167 cm³/mol. The number of hydrogen-bond donors (Lipinski definition) is 0. The van der Waals surface area contributed by atoms with Crippen LogP contribution in [-0.2, 0) is 0 Å². The van der Waals surface area contributed by atoms with Crippen molar-refractivity contribution in [3.8, 4) is 39.4 Å². The van der Waals surface area contributed by atoms with Crippen LogP contribution in [0.25, 0.3) is 71.3 Å². The summed E-state index contributed by atoms with van der Waals surface area (Å²) < 4.78 is 8.78. The first-order valence-electron chi connectivity index (χ1n) is 13.7. The first kappa shape index (κ1) is 21.6. The quantitative estimate of drug-likeness (QED) is 0.226. The van der Waals surface area contributed by atoms with Crippen molar-refractivity contribution in [2.24, 2.45) is 0 Å². The van der Waals surface area contributed by atoms with Crippen LogP contribution in [0, 0.1) is 0 Å². The zero-order chi connectivity index (χ0) is 26.2. The van der Waals surface area contributed by atoms with Crippen molar-refractivity contribution in [2.75, 3.05) is 0 Å². The number of ether oxygens (including phenoxy) is 1. The molecule has 0 fully saturated rings. The number of hydrogen-bond acceptors (Lipinski definition) is 1. The smallest absolute Gasteiger partial charge is 0.135 e. The van der Waals surface area contributed by atoms with Gasteiger partial charge in [-0.05, 0) is 63.9 Å². The molecule has 1 aliphatic rings. The average Bonchev–Trinajstić information content (AvgIpc) is 3.37. The van der Waals surface area contributed by atoms with E-state index in [4.69, 9.17) is 4.74 Å². The van der Waals surface area contributed by atoms with Crippen molar-refractivity contribution in [3.63, 3.8) is 0 Å². The Balaban J connectivity index is 1.36. The van der Waals surface area contributed by atoms with E-state index in [9.17, 15) is 0 Å². The Morgan fingerprint density at radius 2 is 1.23 bits per heavy atom. The summed E-state index contributed by atoms with van der Waals surface area (Å²) >= 11 is 0. The summed E-state index contributed by atoms with van der Waals surface area (Å²) in [6, 6.07) is 50.1. The van der Waals surface area contributed by atoms with Gasteiger partial charge >= 0.3 is 0 Å². The molecule has 2 heterocycles. The van der Waals surface area contributed by atoms with Crippen LogP contribution < -0.4 is 4.74 Å². The van der Waals surface area contributed by atoms with Gasteiger partial charge in [0.1, 0.15) is 11.5 Å². The molecule has 2 nitrogen and oxygen atoms in total. The van der Waals surface area contributed by atoms with E-state index in [0.717, 1.165) is 17.1 Å². The molecule has 9 rings (SSSR count). The summed E-state index contributed by atoms with van der Waals surface area (Å²) in [4.78, 5) is 0. The predicted octanol–water partition coefficient (Wildman–Crippen LogP) is 10.5. The van der Waals surface area contributed by atoms with Crippen LogP contribution in [0.4, 0.5) is 0 Å². The van der Waals surface area contributed by atoms with E-state index < -0.39 is 0 Å². The van der Waals surface area contributed by atoms with Crippen LogP contribution in [0.3, 0.4) is 0 Å². The van der Waals surface area contributed by atoms with Crippen LogP contribution in [0.1, 0.15) is 0 Å². The van der Waals surface area contributed by atoms with E-state index >= 15 is 0 Å². The van der Waals surface area contributed by atoms with Crippen LogP contribution in [0.2, 0.25) is 0 Å². The van der Waals surface area contributed by atoms with Crippen molar-refractivity contribution >= 4 is 43.4 Å². The van der Waals surface area contributed by atoms with E-state index in [1.807, 2.05) is 12.1 Å². The van der Waals surface area contributed by atoms with E-state index in [1.165, 1.54) is 65.7 Å². The summed E-state index contributed by atoms with van der Waals surface area (Å²) in [5, 5.41) is 7.40. The number of nitrogens with zero attached hydrogens (tertiary/aromatic N) is 1. The topological polar surface area (TPSA) is 14.2 Å². The molecule has 1 aliphatic heterocycles. The van der Waals surface area contributed by atoms with E-state index in [1.54, 1.807) is 0 Å². The first-order chi connectivity index (χ1) is 19.8. The maximum absolute atomic E-state index is 6.36. The number of para-hydroxylation sites is 3. The lowest BCUT2D eigenvalue weighted by molar-refractivity contribution is 0.487. The lowest BCUT2D eigenvalue weighted by atomic mass is 9.90. The highest BCUT2D eigenvalue weighted by Gasteiger charge is 2.21. The lowest BCUT2D eigenvalue weighted by Crippen LogP contribution is -1.97. The zero-order valence-electron chi connectivity index (χ0n) is 21.6. The van der Waals surface area contributed by atoms with Crippen molar-refractivity contribution in [1.29, 1.82) is 0 Å². The second kappa shape index (κ2) is 8.08. The van der Waals surface area contributed by atoms with Gasteiger partial charge in [-0.25, -0.2) is 0 Å². The molecule has 2 heteroatoms. The highest BCUT2D eigenvalue weighted by molar-refractivity contribution is 6.19. The van der Waals surface area contributed by atoms with E-state index in [0.29, 0.717) is 0 Å². The van der Waals surface area contributed by atoms with Gasteiger partial charge < -0.3 is 9.30 Å². The third-order valence-electron chi connectivity index (χ3n) is 8.38. The summed E-state index contributed by atoms with van der Waals surface area (Å²) in [6.07, 6.45) is 0. The number of benzene rings is 7. The van der Waals surface area contributed by atoms with Gasteiger partial charge in [0.05, 0.1) is 11.0 Å². The molecule has 0 bridgehead atoms. The molecule has 0 amide bonds. The van der Waals surface area contributed by atoms with E-state index in [-0.39, 0.29) is 0 Å². The summed E-state index contributed by atoms with van der Waals surface area (Å²) in [7, 11) is 0. The molecule has 0 radical (unpaired) electrons. The fourth-order valence-corrected chi connectivity index (χ4v) is 6.62. The van der Waals surface area contributed by atoms with Gasteiger partial charge in [0, 0.05) is 32.8 Å². The molecule has 7 aromatic carbocycles. The monoisotopic (exact) mass is 509 g/mol. The maximum atomic E-state index is 6.36. The largest absolute Gasteiger partial charge is 0.456 e. The molecule has 0 spiro atoms. The van der Waals surface area contributed by atoms with Crippen molar-refractivity contribution in [2.45, 2.75) is 0 Å². The maximum Gasteiger partial charge on any atom is 0.135 e. The molecule has 8 aromatic rings. The standard InChI is InChI=1S/C38H23NO/c1-2-9-26(10-3-1)39-34-15-6-4-11-28(34)32-20-19-24-17-18-25(23-33(24)38(32)39)27-21-22-36-37-30(27)13-8-14-31(37)29-12-5-7-16-35(29)40-36/h1-23H. The van der Waals surface area contributed by atoms with Crippen molar-refractivity contribution in [1.82, 2.24) is 4.57 Å². The Bertz CT molecular complexity index is 2290. The normalized spacial score (nSPS) is 12.2. The van der Waals surface area contributed by atoms with Gasteiger partial charge in [0.2, 0.25) is 0 Å². The molecule has 0 unspecified atom stereocenters. The second-order valence-corrected chi connectivity index (χ2v) is 10.5. The van der Waals surface area contributed by atoms with E-state index in [2.05, 4.69) is 132 Å². The summed E-state index contributed by atoms with van der Waals surface area (Å²) in [5.41, 5.74) is 8.42. The van der Waals surface area contributed by atoms with Crippen molar-refractivity contribution < 1.29 is 4.74 Å². The molecule has 1 aromatic heterocycles. The third-order valence-corrected chi connectivity index (χ3v) is 8.38. The van der Waals surface area contributed by atoms with Crippen LogP contribution in [0.5, 0.6) is 11.5 Å². The minimum atomic E-state index is 0.914. The minimum absolute atomic E-state index is 0.914. The van der Waals surface area contributed by atoms with Crippen LogP contribution in [0.15, 0.2) is 140 Å². The number of fused-ring (bicyclic) bond motifs is 7. The zero-order valence-corrected chi connectivity index (χ0v) is 21.6. The molecule has 186 valence electrons. The average molecular weight is 510 g/mol. The Kier molecular flexibility index (Phi) is 4.36. The van der Waals surface area contributed by atoms with Gasteiger partial charge in [0.15, 0.2) is 0 Å². The van der Waals surface area contributed by atoms with Gasteiger partial charge in [-0.2, -0.15) is 0 Å². The summed E-state index contributed by atoms with van der Waals surface area (Å²) in [6.45, 7) is 0. The fraction of sp³-hybridized carbons (Fsp3) is 0. The minimum Gasteiger partial charge on any atom is -0.456 e. The number of aromatic nitrogens is 1. The fourth-order valence-electron chi connectivity index (χ4n) is 6.62. The van der Waals surface area contributed by atoms with Crippen LogP contribution in [-0.4, -0.2) is 4.57 Å². The van der Waals surface area contributed by atoms with Gasteiger partial charge in [-0.15, -0.1) is 0 Å². The first-order valence-corrected chi connectivity index (χ1v) is 13.7. The molecule has 0 saturated carbocycles. The van der Waals surface area contributed by atoms with Gasteiger partial charge in [0.25, 0.3) is 0 Å².